The fraction of sp³-hybridized carbons (Fsp3) is 0.636. The maximum absolute atomic E-state index is 12.6. The van der Waals surface area contributed by atoms with Crippen LogP contribution in [0.5, 0.6) is 0 Å². The lowest BCUT2D eigenvalue weighted by Gasteiger charge is -2.35. The molecule has 5 heteroatoms. The third-order valence-electron chi connectivity index (χ3n) is 6.01. The molecule has 0 spiro atoms. The molecule has 1 atom stereocenters. The normalized spacial score (nSPS) is 20.4. The van der Waals surface area contributed by atoms with Crippen molar-refractivity contribution in [2.24, 2.45) is 5.92 Å². The molecular formula is C22H32N2O3. The number of likely N-dealkylation sites (tertiary alicyclic amines) is 2. The number of aliphatic hydroxyl groups is 1. The summed E-state index contributed by atoms with van der Waals surface area (Å²) in [7, 11) is 0. The maximum Gasteiger partial charge on any atom is 0.242 e. The second-order valence-corrected chi connectivity index (χ2v) is 7.94. The van der Waals surface area contributed by atoms with Crippen molar-refractivity contribution in [2.45, 2.75) is 57.5 Å². The Hall–Kier alpha value is -1.88. The predicted molar refractivity (Wildman–Crippen MR) is 105 cm³/mol. The monoisotopic (exact) mass is 372 g/mol. The molecule has 0 unspecified atom stereocenters. The first-order valence-electron chi connectivity index (χ1n) is 10.4. The third-order valence-corrected chi connectivity index (χ3v) is 6.01. The van der Waals surface area contributed by atoms with Crippen LogP contribution < -0.4 is 0 Å². The van der Waals surface area contributed by atoms with Crippen LogP contribution in [-0.2, 0) is 16.0 Å². The summed E-state index contributed by atoms with van der Waals surface area (Å²) < 4.78 is 0. The number of aliphatic hydroxyl groups excluding tert-OH is 1. The van der Waals surface area contributed by atoms with E-state index in [0.29, 0.717) is 26.1 Å². The van der Waals surface area contributed by atoms with Gasteiger partial charge >= 0.3 is 0 Å². The number of carbonyl (C=O) groups excluding carboxylic acids is 2. The quantitative estimate of drug-likeness (QED) is 0.835. The second kappa shape index (κ2) is 9.88. The van der Waals surface area contributed by atoms with E-state index in [1.165, 1.54) is 5.56 Å². The number of amides is 2. The second-order valence-electron chi connectivity index (χ2n) is 7.94. The van der Waals surface area contributed by atoms with Gasteiger partial charge in [0.2, 0.25) is 11.8 Å². The van der Waals surface area contributed by atoms with Crippen LogP contribution in [0.1, 0.15) is 50.5 Å². The Kier molecular flexibility index (Phi) is 7.27. The largest absolute Gasteiger partial charge is 0.393 e. The van der Waals surface area contributed by atoms with E-state index in [9.17, 15) is 14.7 Å². The van der Waals surface area contributed by atoms with Crippen molar-refractivity contribution in [1.29, 1.82) is 0 Å². The van der Waals surface area contributed by atoms with Crippen molar-refractivity contribution in [1.82, 2.24) is 9.80 Å². The minimum Gasteiger partial charge on any atom is -0.393 e. The lowest BCUT2D eigenvalue weighted by atomic mass is 9.88. The lowest BCUT2D eigenvalue weighted by Crippen LogP contribution is -2.46. The topological polar surface area (TPSA) is 60.9 Å². The Morgan fingerprint density at radius 1 is 1.07 bits per heavy atom. The molecule has 0 aromatic heterocycles. The zero-order chi connectivity index (χ0) is 19.1. The van der Waals surface area contributed by atoms with E-state index in [0.717, 1.165) is 44.9 Å². The highest BCUT2D eigenvalue weighted by molar-refractivity contribution is 5.85. The maximum atomic E-state index is 12.6. The first-order chi connectivity index (χ1) is 13.1. The third kappa shape index (κ3) is 5.80. The zero-order valence-corrected chi connectivity index (χ0v) is 16.2. The Bertz CT molecular complexity index is 611. The van der Waals surface area contributed by atoms with E-state index in [1.54, 1.807) is 4.90 Å². The van der Waals surface area contributed by atoms with Crippen LogP contribution in [0.3, 0.4) is 0 Å². The minimum atomic E-state index is -0.311. The van der Waals surface area contributed by atoms with Gasteiger partial charge in [0.05, 0.1) is 12.6 Å². The Balaban J connectivity index is 1.41. The van der Waals surface area contributed by atoms with Crippen LogP contribution >= 0.6 is 0 Å². The van der Waals surface area contributed by atoms with Crippen LogP contribution in [-0.4, -0.2) is 59.0 Å². The Labute approximate surface area is 162 Å². The van der Waals surface area contributed by atoms with Crippen LogP contribution in [0.15, 0.2) is 30.3 Å². The van der Waals surface area contributed by atoms with E-state index in [-0.39, 0.29) is 30.4 Å². The number of hydrogen-bond acceptors (Lipinski definition) is 3. The van der Waals surface area contributed by atoms with E-state index < -0.39 is 0 Å². The fourth-order valence-corrected chi connectivity index (χ4v) is 4.20. The van der Waals surface area contributed by atoms with Crippen molar-refractivity contribution in [3.05, 3.63) is 35.9 Å². The van der Waals surface area contributed by atoms with E-state index >= 15 is 0 Å². The Morgan fingerprint density at radius 2 is 1.81 bits per heavy atom. The van der Waals surface area contributed by atoms with Crippen LogP contribution in [0.2, 0.25) is 0 Å². The summed E-state index contributed by atoms with van der Waals surface area (Å²) in [5.41, 5.74) is 1.26. The summed E-state index contributed by atoms with van der Waals surface area (Å²) >= 11 is 0. The van der Waals surface area contributed by atoms with Gasteiger partial charge in [-0.2, -0.15) is 0 Å². The highest BCUT2D eigenvalue weighted by Crippen LogP contribution is 2.24. The molecule has 5 nitrogen and oxygen atoms in total. The summed E-state index contributed by atoms with van der Waals surface area (Å²) in [4.78, 5) is 28.3. The van der Waals surface area contributed by atoms with Crippen molar-refractivity contribution < 1.29 is 14.7 Å². The smallest absolute Gasteiger partial charge is 0.242 e. The average Bonchev–Trinajstić information content (AvgIpc) is 2.91. The number of aryl methyl sites for hydroxylation is 1. The summed E-state index contributed by atoms with van der Waals surface area (Å²) in [5.74, 6) is 0.437. The molecule has 0 saturated carbocycles. The van der Waals surface area contributed by atoms with E-state index in [1.807, 2.05) is 23.1 Å². The molecule has 0 aliphatic carbocycles. The molecule has 2 fully saturated rings. The number of nitrogens with zero attached hydrogens (tertiary/aromatic N) is 2. The van der Waals surface area contributed by atoms with Crippen LogP contribution in [0.4, 0.5) is 0 Å². The number of piperidine rings is 1. The molecule has 0 bridgehead atoms. The molecule has 2 amide bonds. The van der Waals surface area contributed by atoms with E-state index in [4.69, 9.17) is 0 Å². The molecule has 2 aliphatic heterocycles. The van der Waals surface area contributed by atoms with Crippen LogP contribution in [0.25, 0.3) is 0 Å². The first kappa shape index (κ1) is 19.9. The highest BCUT2D eigenvalue weighted by atomic mass is 16.3. The van der Waals surface area contributed by atoms with Gasteiger partial charge in [-0.1, -0.05) is 36.8 Å². The van der Waals surface area contributed by atoms with Gasteiger partial charge in [0.15, 0.2) is 0 Å². The lowest BCUT2D eigenvalue weighted by molar-refractivity contribution is -0.141. The van der Waals surface area contributed by atoms with Crippen molar-refractivity contribution >= 4 is 11.8 Å². The van der Waals surface area contributed by atoms with Gasteiger partial charge in [0.1, 0.15) is 0 Å². The van der Waals surface area contributed by atoms with Gasteiger partial charge in [-0.15, -0.1) is 0 Å². The number of rotatable bonds is 6. The summed E-state index contributed by atoms with van der Waals surface area (Å²) in [6.07, 6.45) is 6.61. The number of carbonyl (C=O) groups is 2. The molecule has 1 aromatic rings. The van der Waals surface area contributed by atoms with Gasteiger partial charge in [-0.25, -0.2) is 0 Å². The Morgan fingerprint density at radius 3 is 2.56 bits per heavy atom. The fourth-order valence-electron chi connectivity index (χ4n) is 4.20. The van der Waals surface area contributed by atoms with Gasteiger partial charge < -0.3 is 14.9 Å². The predicted octanol–water partition coefficient (Wildman–Crippen LogP) is 2.62. The van der Waals surface area contributed by atoms with Crippen molar-refractivity contribution in [3.8, 4) is 0 Å². The van der Waals surface area contributed by atoms with E-state index in [2.05, 4.69) is 12.1 Å². The zero-order valence-electron chi connectivity index (χ0n) is 16.2. The first-order valence-corrected chi connectivity index (χ1v) is 10.4. The molecule has 0 radical (unpaired) electrons. The molecule has 1 aromatic carbocycles. The number of benzene rings is 1. The standard InChI is InChI=1S/C22H32N2O3/c25-20(11-10-18-7-3-1-4-8-18)19-12-15-23(16-13-19)22(27)17-24-14-6-2-5-9-21(24)26/h1,3-4,7-8,19-20,25H,2,5-6,9-17H2/t20-/m0/s1. The summed E-state index contributed by atoms with van der Waals surface area (Å²) in [6.45, 7) is 2.31. The molecule has 3 rings (SSSR count). The molecule has 148 valence electrons. The van der Waals surface area contributed by atoms with Crippen LogP contribution in [0, 0.1) is 5.92 Å². The van der Waals surface area contributed by atoms with Gasteiger partial charge in [0.25, 0.3) is 0 Å². The SMILES string of the molecule is O=C(CN1CCCCCC1=O)N1CCC([C@@H](O)CCc2ccccc2)CC1. The van der Waals surface area contributed by atoms with Gasteiger partial charge in [-0.05, 0) is 50.0 Å². The molecule has 1 N–H and O–H groups in total. The summed E-state index contributed by atoms with van der Waals surface area (Å²) in [6, 6.07) is 10.3. The summed E-state index contributed by atoms with van der Waals surface area (Å²) in [5, 5.41) is 10.5. The minimum absolute atomic E-state index is 0.0578. The highest BCUT2D eigenvalue weighted by Gasteiger charge is 2.29. The molecule has 27 heavy (non-hydrogen) atoms. The van der Waals surface area contributed by atoms with Crippen molar-refractivity contribution in [3.63, 3.8) is 0 Å². The molecule has 2 aliphatic rings. The number of hydrogen-bond donors (Lipinski definition) is 1. The van der Waals surface area contributed by atoms with Crippen molar-refractivity contribution in [2.75, 3.05) is 26.2 Å². The molecule has 2 heterocycles. The average molecular weight is 373 g/mol. The van der Waals surface area contributed by atoms with Gasteiger partial charge in [0, 0.05) is 26.1 Å². The van der Waals surface area contributed by atoms with Gasteiger partial charge in [-0.3, -0.25) is 9.59 Å². The molecular weight excluding hydrogens is 340 g/mol. The molecule has 2 saturated heterocycles.